The Balaban J connectivity index is 1.48. The fourth-order valence-electron chi connectivity index (χ4n) is 4.43. The van der Waals surface area contributed by atoms with E-state index >= 15 is 0 Å². The molecule has 2 aromatic carbocycles. The maximum absolute atomic E-state index is 13.9. The van der Waals surface area contributed by atoms with Gasteiger partial charge in [-0.2, -0.15) is 4.98 Å². The summed E-state index contributed by atoms with van der Waals surface area (Å²) in [5.74, 6) is 1.40. The van der Waals surface area contributed by atoms with Gasteiger partial charge >= 0.3 is 0 Å². The first-order chi connectivity index (χ1) is 16.6. The molecule has 1 aliphatic rings. The number of hydrogen-bond donors (Lipinski definition) is 2. The largest absolute Gasteiger partial charge is 0.354 e. The van der Waals surface area contributed by atoms with Crippen LogP contribution in [0.4, 0.5) is 10.3 Å². The van der Waals surface area contributed by atoms with Crippen molar-refractivity contribution in [2.45, 2.75) is 25.8 Å². The predicted molar refractivity (Wildman–Crippen MR) is 135 cm³/mol. The maximum atomic E-state index is 13.9. The summed E-state index contributed by atoms with van der Waals surface area (Å²) in [4.78, 5) is 14.0. The second-order valence-electron chi connectivity index (χ2n) is 8.53. The average Bonchev–Trinajstić information content (AvgIpc) is 3.18. The van der Waals surface area contributed by atoms with Crippen LogP contribution in [0.25, 0.3) is 22.6 Å². The molecule has 4 aromatic rings. The van der Waals surface area contributed by atoms with Crippen molar-refractivity contribution >= 4 is 40.3 Å². The zero-order valence-corrected chi connectivity index (χ0v) is 20.1. The van der Waals surface area contributed by atoms with Crippen molar-refractivity contribution < 1.29 is 4.39 Å². The zero-order chi connectivity index (χ0) is 23.5. The Kier molecular flexibility index (Phi) is 6.94. The number of halogens is 3. The number of nitrogens with zero attached hydrogens (tertiary/aromatic N) is 4. The van der Waals surface area contributed by atoms with Crippen LogP contribution in [0.5, 0.6) is 0 Å². The number of piperidine rings is 1. The van der Waals surface area contributed by atoms with E-state index in [4.69, 9.17) is 33.2 Å². The van der Waals surface area contributed by atoms with Gasteiger partial charge in [-0.3, -0.25) is 0 Å². The smallest absolute Gasteiger partial charge is 0.224 e. The first-order valence-corrected chi connectivity index (χ1v) is 12.2. The van der Waals surface area contributed by atoms with E-state index in [1.807, 2.05) is 24.3 Å². The number of nitrogens with one attached hydrogen (secondary N) is 2. The molecule has 0 bridgehead atoms. The first-order valence-electron chi connectivity index (χ1n) is 11.5. The third-order valence-electron chi connectivity index (χ3n) is 6.15. The Labute approximate surface area is 207 Å². The van der Waals surface area contributed by atoms with Crippen LogP contribution in [0.3, 0.4) is 0 Å². The molecule has 3 heterocycles. The molecule has 1 atom stereocenters. The van der Waals surface area contributed by atoms with Crippen molar-refractivity contribution in [2.75, 3.05) is 25.0 Å². The molecule has 1 aliphatic heterocycles. The van der Waals surface area contributed by atoms with Crippen LogP contribution in [0.2, 0.25) is 10.0 Å². The first kappa shape index (κ1) is 23.0. The van der Waals surface area contributed by atoms with Gasteiger partial charge in [0.1, 0.15) is 17.2 Å². The summed E-state index contributed by atoms with van der Waals surface area (Å²) < 4.78 is 16.0. The number of imidazole rings is 1. The van der Waals surface area contributed by atoms with Crippen LogP contribution >= 0.6 is 23.2 Å². The van der Waals surface area contributed by atoms with Crippen LogP contribution in [-0.2, 0) is 13.0 Å². The molecule has 0 radical (unpaired) electrons. The van der Waals surface area contributed by atoms with Crippen LogP contribution in [0, 0.1) is 11.7 Å². The lowest BCUT2D eigenvalue weighted by atomic mass is 9.99. The van der Waals surface area contributed by atoms with Gasteiger partial charge in [-0.15, -0.1) is 0 Å². The molecule has 2 aromatic heterocycles. The summed E-state index contributed by atoms with van der Waals surface area (Å²) in [5.41, 5.74) is 2.75. The summed E-state index contributed by atoms with van der Waals surface area (Å²) in [5, 5.41) is 7.78. The highest BCUT2D eigenvalue weighted by Gasteiger charge is 2.23. The summed E-state index contributed by atoms with van der Waals surface area (Å²) in [6.07, 6.45) is 4.50. The van der Waals surface area contributed by atoms with Crippen LogP contribution in [-0.4, -0.2) is 39.2 Å². The molecule has 0 unspecified atom stereocenters. The Morgan fingerprint density at radius 1 is 1.09 bits per heavy atom. The van der Waals surface area contributed by atoms with Gasteiger partial charge in [0, 0.05) is 13.1 Å². The van der Waals surface area contributed by atoms with Gasteiger partial charge in [-0.1, -0.05) is 47.5 Å². The van der Waals surface area contributed by atoms with Gasteiger partial charge in [-0.25, -0.2) is 14.4 Å². The van der Waals surface area contributed by atoms with E-state index in [1.165, 1.54) is 6.07 Å². The number of benzene rings is 2. The van der Waals surface area contributed by atoms with Gasteiger partial charge in [0.15, 0.2) is 5.65 Å². The lowest BCUT2D eigenvalue weighted by molar-refractivity contribution is 0.341. The number of anilines is 1. The fraction of sp³-hybridized carbons (Fsp3) is 0.320. The zero-order valence-electron chi connectivity index (χ0n) is 18.6. The maximum Gasteiger partial charge on any atom is 0.224 e. The molecule has 176 valence electrons. The van der Waals surface area contributed by atoms with Crippen molar-refractivity contribution in [1.29, 1.82) is 0 Å². The summed E-state index contributed by atoms with van der Waals surface area (Å²) in [6.45, 7) is 3.24. The highest BCUT2D eigenvalue weighted by atomic mass is 35.5. The minimum absolute atomic E-state index is 0.207. The number of hydrogen-bond acceptors (Lipinski definition) is 5. The highest BCUT2D eigenvalue weighted by Crippen LogP contribution is 2.36. The molecular formula is C25H25Cl2FN6. The van der Waals surface area contributed by atoms with Gasteiger partial charge in [0.2, 0.25) is 5.95 Å². The summed E-state index contributed by atoms with van der Waals surface area (Å²) >= 11 is 13.1. The Bertz CT molecular complexity index is 1280. The fourth-order valence-corrected chi connectivity index (χ4v) is 4.99. The molecular weight excluding hydrogens is 474 g/mol. The van der Waals surface area contributed by atoms with E-state index in [2.05, 4.69) is 20.2 Å². The molecule has 1 fully saturated rings. The molecule has 5 rings (SSSR count). The Morgan fingerprint density at radius 3 is 2.68 bits per heavy atom. The highest BCUT2D eigenvalue weighted by molar-refractivity contribution is 6.39. The molecule has 0 aliphatic carbocycles. The lowest BCUT2D eigenvalue weighted by Crippen LogP contribution is -2.32. The van der Waals surface area contributed by atoms with E-state index in [-0.39, 0.29) is 5.82 Å². The minimum atomic E-state index is -0.207. The van der Waals surface area contributed by atoms with Crippen LogP contribution in [0.15, 0.2) is 48.7 Å². The molecule has 2 N–H and O–H groups in total. The van der Waals surface area contributed by atoms with E-state index in [1.54, 1.807) is 18.3 Å². The van der Waals surface area contributed by atoms with Gasteiger partial charge in [-0.05, 0) is 62.0 Å². The predicted octanol–water partition coefficient (Wildman–Crippen LogP) is 5.59. The van der Waals surface area contributed by atoms with E-state index in [0.29, 0.717) is 57.3 Å². The molecule has 0 amide bonds. The van der Waals surface area contributed by atoms with Crippen LogP contribution in [0.1, 0.15) is 18.4 Å². The van der Waals surface area contributed by atoms with Crippen molar-refractivity contribution in [3.05, 3.63) is 70.1 Å². The summed E-state index contributed by atoms with van der Waals surface area (Å²) in [6, 6.07) is 12.2. The van der Waals surface area contributed by atoms with Crippen LogP contribution < -0.4 is 10.6 Å². The third kappa shape index (κ3) is 4.87. The van der Waals surface area contributed by atoms with Crippen molar-refractivity contribution in [3.63, 3.8) is 0 Å². The monoisotopic (exact) mass is 498 g/mol. The van der Waals surface area contributed by atoms with Gasteiger partial charge < -0.3 is 15.2 Å². The quantitative estimate of drug-likeness (QED) is 0.347. The third-order valence-corrected chi connectivity index (χ3v) is 6.78. The number of fused-ring (bicyclic) bond motifs is 1. The average molecular weight is 499 g/mol. The lowest BCUT2D eigenvalue weighted by Gasteiger charge is -2.24. The second-order valence-corrected chi connectivity index (χ2v) is 9.34. The molecule has 9 heteroatoms. The Morgan fingerprint density at radius 2 is 1.91 bits per heavy atom. The van der Waals surface area contributed by atoms with Gasteiger partial charge in [0.05, 0.1) is 21.8 Å². The molecule has 0 saturated carbocycles. The van der Waals surface area contributed by atoms with Gasteiger partial charge in [0.25, 0.3) is 0 Å². The Hall–Kier alpha value is -2.74. The molecule has 6 nitrogen and oxygen atoms in total. The summed E-state index contributed by atoms with van der Waals surface area (Å²) in [7, 11) is 0. The van der Waals surface area contributed by atoms with E-state index in [9.17, 15) is 4.39 Å². The normalized spacial score (nSPS) is 16.1. The molecule has 34 heavy (non-hydrogen) atoms. The van der Waals surface area contributed by atoms with E-state index < -0.39 is 0 Å². The molecule has 0 spiro atoms. The van der Waals surface area contributed by atoms with Crippen molar-refractivity contribution in [3.8, 4) is 11.4 Å². The number of aromatic nitrogens is 4. The second kappa shape index (κ2) is 10.3. The van der Waals surface area contributed by atoms with Crippen molar-refractivity contribution in [2.24, 2.45) is 5.92 Å². The molecule has 1 saturated heterocycles. The standard InChI is InChI=1S/C25H25Cl2FN6/c26-18-7-3-8-19(27)22(18)24-32-21-14-31-25(30-12-10-17-6-1-2-9-20(17)28)33-23(21)34(24)15-16-5-4-11-29-13-16/h1-3,6-9,14,16,29H,4-5,10-13,15H2,(H,30,31,33)/t16-/m1/s1. The topological polar surface area (TPSA) is 67.7 Å². The minimum Gasteiger partial charge on any atom is -0.354 e. The SMILES string of the molecule is Fc1ccccc1CCNc1ncc2nc(-c3c(Cl)cccc3Cl)n(C[C@@H]3CCCNC3)c2n1. The number of rotatable bonds is 7. The van der Waals surface area contributed by atoms with E-state index in [0.717, 1.165) is 38.1 Å². The van der Waals surface area contributed by atoms with Crippen molar-refractivity contribution in [1.82, 2.24) is 24.8 Å².